The Kier molecular flexibility index (Phi) is 4.21. The van der Waals surface area contributed by atoms with Crippen LogP contribution in [0.15, 0.2) is 12.1 Å². The molecule has 0 spiro atoms. The third-order valence-corrected chi connectivity index (χ3v) is 2.37. The van der Waals surface area contributed by atoms with E-state index in [4.69, 9.17) is 22.1 Å². The van der Waals surface area contributed by atoms with Crippen LogP contribution in [0.25, 0.3) is 0 Å². The van der Waals surface area contributed by atoms with Gasteiger partial charge in [-0.3, -0.25) is 0 Å². The van der Waals surface area contributed by atoms with E-state index in [0.717, 1.165) is 12.8 Å². The summed E-state index contributed by atoms with van der Waals surface area (Å²) in [7, 11) is 0. The number of benzene rings is 1. The van der Waals surface area contributed by atoms with Crippen molar-refractivity contribution >= 4 is 17.3 Å². The average Bonchev–Trinajstić information content (AvgIpc) is 2.14. The van der Waals surface area contributed by atoms with E-state index in [9.17, 15) is 4.39 Å². The van der Waals surface area contributed by atoms with Gasteiger partial charge < -0.3 is 10.5 Å². The molecule has 0 amide bonds. The summed E-state index contributed by atoms with van der Waals surface area (Å²) in [6.07, 6.45) is 2.00. The highest BCUT2D eigenvalue weighted by atomic mass is 35.5. The lowest BCUT2D eigenvalue weighted by molar-refractivity contribution is 0.211. The fraction of sp³-hybridized carbons (Fsp3) is 0.455. The molecule has 1 atom stereocenters. The van der Waals surface area contributed by atoms with E-state index in [0.29, 0.717) is 5.75 Å². The Morgan fingerprint density at radius 1 is 1.53 bits per heavy atom. The number of ether oxygens (including phenoxy) is 1. The van der Waals surface area contributed by atoms with Crippen molar-refractivity contribution in [1.29, 1.82) is 0 Å². The van der Waals surface area contributed by atoms with Crippen LogP contribution in [-0.2, 0) is 0 Å². The standard InChI is InChI=1S/C11H15ClFNO/c1-3-4-7(2)15-11-5-8(12)9(13)6-10(11)14/h5-7H,3-4,14H2,1-2H3. The smallest absolute Gasteiger partial charge is 0.144 e. The molecular weight excluding hydrogens is 217 g/mol. The van der Waals surface area contributed by atoms with Crippen molar-refractivity contribution in [3.8, 4) is 5.75 Å². The Balaban J connectivity index is 2.81. The van der Waals surface area contributed by atoms with Gasteiger partial charge in [0.2, 0.25) is 0 Å². The normalized spacial score (nSPS) is 12.5. The molecule has 0 bridgehead atoms. The largest absolute Gasteiger partial charge is 0.489 e. The molecule has 15 heavy (non-hydrogen) atoms. The fourth-order valence-electron chi connectivity index (χ4n) is 1.33. The van der Waals surface area contributed by atoms with E-state index in [1.807, 2.05) is 6.92 Å². The molecule has 0 aliphatic carbocycles. The molecule has 4 heteroatoms. The van der Waals surface area contributed by atoms with Crippen LogP contribution in [0.5, 0.6) is 5.75 Å². The molecule has 0 saturated heterocycles. The second-order valence-electron chi connectivity index (χ2n) is 3.52. The van der Waals surface area contributed by atoms with Crippen molar-refractivity contribution in [2.24, 2.45) is 0 Å². The second-order valence-corrected chi connectivity index (χ2v) is 3.93. The molecule has 0 fully saturated rings. The summed E-state index contributed by atoms with van der Waals surface area (Å²) in [5.41, 5.74) is 5.89. The summed E-state index contributed by atoms with van der Waals surface area (Å²) < 4.78 is 18.5. The molecule has 1 aromatic rings. The highest BCUT2D eigenvalue weighted by Crippen LogP contribution is 2.29. The first kappa shape index (κ1) is 12.1. The topological polar surface area (TPSA) is 35.2 Å². The van der Waals surface area contributed by atoms with Gasteiger partial charge in [0.1, 0.15) is 11.6 Å². The molecule has 0 aliphatic heterocycles. The third-order valence-electron chi connectivity index (χ3n) is 2.08. The Morgan fingerprint density at radius 2 is 2.20 bits per heavy atom. The molecule has 1 rings (SSSR count). The van der Waals surface area contributed by atoms with Crippen LogP contribution in [0.4, 0.5) is 10.1 Å². The highest BCUT2D eigenvalue weighted by Gasteiger charge is 2.10. The van der Waals surface area contributed by atoms with E-state index >= 15 is 0 Å². The first-order chi connectivity index (χ1) is 7.04. The minimum Gasteiger partial charge on any atom is -0.489 e. The van der Waals surface area contributed by atoms with Gasteiger partial charge in [0, 0.05) is 12.1 Å². The van der Waals surface area contributed by atoms with Crippen molar-refractivity contribution in [2.75, 3.05) is 5.73 Å². The van der Waals surface area contributed by atoms with Gasteiger partial charge in [-0.15, -0.1) is 0 Å². The third kappa shape index (κ3) is 3.27. The van der Waals surface area contributed by atoms with Gasteiger partial charge in [0.05, 0.1) is 16.8 Å². The molecule has 84 valence electrons. The summed E-state index contributed by atoms with van der Waals surface area (Å²) in [5, 5.41) is 0.0305. The van der Waals surface area contributed by atoms with Crippen LogP contribution < -0.4 is 10.5 Å². The molecule has 0 aliphatic rings. The van der Waals surface area contributed by atoms with Crippen molar-refractivity contribution in [3.05, 3.63) is 23.0 Å². The lowest BCUT2D eigenvalue weighted by atomic mass is 10.2. The molecule has 1 unspecified atom stereocenters. The molecule has 2 nitrogen and oxygen atoms in total. The maximum atomic E-state index is 13.0. The first-order valence-electron chi connectivity index (χ1n) is 4.95. The van der Waals surface area contributed by atoms with Gasteiger partial charge in [0.25, 0.3) is 0 Å². The van der Waals surface area contributed by atoms with Gasteiger partial charge >= 0.3 is 0 Å². The zero-order chi connectivity index (χ0) is 11.4. The minimum atomic E-state index is -0.523. The molecule has 0 heterocycles. The Bertz CT molecular complexity index is 344. The zero-order valence-electron chi connectivity index (χ0n) is 8.89. The van der Waals surface area contributed by atoms with Gasteiger partial charge in [-0.05, 0) is 13.3 Å². The quantitative estimate of drug-likeness (QED) is 0.804. The lowest BCUT2D eigenvalue weighted by Gasteiger charge is -2.15. The van der Waals surface area contributed by atoms with Gasteiger partial charge in [-0.1, -0.05) is 24.9 Å². The zero-order valence-corrected chi connectivity index (χ0v) is 9.64. The number of anilines is 1. The Morgan fingerprint density at radius 3 is 2.80 bits per heavy atom. The summed E-state index contributed by atoms with van der Waals surface area (Å²) in [4.78, 5) is 0. The summed E-state index contributed by atoms with van der Waals surface area (Å²) >= 11 is 5.64. The van der Waals surface area contributed by atoms with Crippen molar-refractivity contribution in [2.45, 2.75) is 32.8 Å². The molecular formula is C11H15ClFNO. The monoisotopic (exact) mass is 231 g/mol. The van der Waals surface area contributed by atoms with Crippen LogP contribution in [0.1, 0.15) is 26.7 Å². The number of hydrogen-bond donors (Lipinski definition) is 1. The number of halogens is 2. The lowest BCUT2D eigenvalue weighted by Crippen LogP contribution is -2.12. The summed E-state index contributed by atoms with van der Waals surface area (Å²) in [5.74, 6) is -0.0768. The molecule has 0 aromatic heterocycles. The Labute approximate surface area is 94.2 Å². The van der Waals surface area contributed by atoms with Crippen molar-refractivity contribution in [3.63, 3.8) is 0 Å². The van der Waals surface area contributed by atoms with Crippen LogP contribution in [0, 0.1) is 5.82 Å². The average molecular weight is 232 g/mol. The van der Waals surface area contributed by atoms with E-state index in [1.54, 1.807) is 0 Å². The van der Waals surface area contributed by atoms with Crippen LogP contribution >= 0.6 is 11.6 Å². The number of nitrogen functional groups attached to an aromatic ring is 1. The molecule has 0 radical (unpaired) electrons. The van der Waals surface area contributed by atoms with Crippen LogP contribution in [-0.4, -0.2) is 6.10 Å². The van der Waals surface area contributed by atoms with Gasteiger partial charge in [-0.2, -0.15) is 0 Å². The van der Waals surface area contributed by atoms with E-state index in [2.05, 4.69) is 6.92 Å². The van der Waals surface area contributed by atoms with Gasteiger partial charge in [-0.25, -0.2) is 4.39 Å². The number of nitrogens with two attached hydrogens (primary N) is 1. The van der Waals surface area contributed by atoms with Crippen LogP contribution in [0.2, 0.25) is 5.02 Å². The van der Waals surface area contributed by atoms with Gasteiger partial charge in [0.15, 0.2) is 0 Å². The predicted octanol–water partition coefficient (Wildman–Crippen LogP) is 3.63. The maximum Gasteiger partial charge on any atom is 0.144 e. The SMILES string of the molecule is CCCC(C)Oc1cc(Cl)c(F)cc1N. The fourth-order valence-corrected chi connectivity index (χ4v) is 1.48. The van der Waals surface area contributed by atoms with Crippen LogP contribution in [0.3, 0.4) is 0 Å². The predicted molar refractivity (Wildman–Crippen MR) is 60.8 cm³/mol. The molecule has 2 N–H and O–H groups in total. The number of rotatable bonds is 4. The second kappa shape index (κ2) is 5.21. The van der Waals surface area contributed by atoms with Crippen molar-refractivity contribution in [1.82, 2.24) is 0 Å². The van der Waals surface area contributed by atoms with Crippen molar-refractivity contribution < 1.29 is 9.13 Å². The summed E-state index contributed by atoms with van der Waals surface area (Å²) in [6, 6.07) is 2.59. The van der Waals surface area contributed by atoms with E-state index in [-0.39, 0.29) is 16.8 Å². The number of hydrogen-bond acceptors (Lipinski definition) is 2. The maximum absolute atomic E-state index is 13.0. The molecule has 0 saturated carbocycles. The molecule has 1 aromatic carbocycles. The summed E-state index contributed by atoms with van der Waals surface area (Å²) in [6.45, 7) is 4.01. The first-order valence-corrected chi connectivity index (χ1v) is 5.33. The highest BCUT2D eigenvalue weighted by molar-refractivity contribution is 6.31. The van der Waals surface area contributed by atoms with E-state index in [1.165, 1.54) is 12.1 Å². The minimum absolute atomic E-state index is 0.0305. The van der Waals surface area contributed by atoms with E-state index < -0.39 is 5.82 Å². The Hall–Kier alpha value is -0.960.